The Balaban J connectivity index is 2.13. The van der Waals surface area contributed by atoms with Gasteiger partial charge in [0.1, 0.15) is 0 Å². The molecule has 1 aromatic rings. The van der Waals surface area contributed by atoms with Crippen LogP contribution in [0.1, 0.15) is 48.5 Å². The van der Waals surface area contributed by atoms with Gasteiger partial charge < -0.3 is 10.5 Å². The van der Waals surface area contributed by atoms with Gasteiger partial charge in [-0.3, -0.25) is 0 Å². The second-order valence-corrected chi connectivity index (χ2v) is 4.89. The maximum Gasteiger partial charge on any atom is 0.0821 e. The van der Waals surface area contributed by atoms with Crippen molar-refractivity contribution in [2.45, 2.75) is 44.6 Å². The van der Waals surface area contributed by atoms with Crippen molar-refractivity contribution in [1.82, 2.24) is 0 Å². The molecule has 2 heteroatoms. The molecule has 0 aromatic heterocycles. The molecule has 1 unspecified atom stereocenters. The summed E-state index contributed by atoms with van der Waals surface area (Å²) in [5.74, 6) is 0. The van der Waals surface area contributed by atoms with Crippen molar-refractivity contribution < 1.29 is 4.74 Å². The quantitative estimate of drug-likeness (QED) is 0.848. The van der Waals surface area contributed by atoms with E-state index in [1.807, 2.05) is 0 Å². The Bertz CT molecular complexity index is 362. The van der Waals surface area contributed by atoms with Crippen LogP contribution in [0.5, 0.6) is 0 Å². The van der Waals surface area contributed by atoms with E-state index in [4.69, 9.17) is 10.5 Å². The molecule has 0 saturated heterocycles. The maximum absolute atomic E-state index is 5.57. The summed E-state index contributed by atoms with van der Waals surface area (Å²) in [6.45, 7) is 0.741. The summed E-state index contributed by atoms with van der Waals surface area (Å²) in [7, 11) is 1.79. The van der Waals surface area contributed by atoms with Gasteiger partial charge >= 0.3 is 0 Å². The fraction of sp³-hybridized carbons (Fsp3) is 0.600. The fourth-order valence-electron chi connectivity index (χ4n) is 2.68. The van der Waals surface area contributed by atoms with Crippen LogP contribution in [0.25, 0.3) is 0 Å². The SMILES string of the molecule is COC(CCCN)c1ccc2c(c1)CCCC2. The predicted octanol–water partition coefficient (Wildman–Crippen LogP) is 2.99. The molecular weight excluding hydrogens is 210 g/mol. The largest absolute Gasteiger partial charge is 0.377 e. The van der Waals surface area contributed by atoms with Crippen molar-refractivity contribution in [3.8, 4) is 0 Å². The van der Waals surface area contributed by atoms with E-state index in [1.165, 1.54) is 42.4 Å². The van der Waals surface area contributed by atoms with Gasteiger partial charge in [-0.1, -0.05) is 18.2 Å². The molecule has 0 radical (unpaired) electrons. The standard InChI is InChI=1S/C15H23NO/c1-17-15(7-4-10-16)14-9-8-12-5-2-3-6-13(12)11-14/h8-9,11,15H,2-7,10,16H2,1H3. The summed E-state index contributed by atoms with van der Waals surface area (Å²) < 4.78 is 5.57. The normalized spacial score (nSPS) is 16.6. The first-order valence-electron chi connectivity index (χ1n) is 6.69. The number of hydrogen-bond acceptors (Lipinski definition) is 2. The summed E-state index contributed by atoms with van der Waals surface area (Å²) in [4.78, 5) is 0. The van der Waals surface area contributed by atoms with Gasteiger partial charge in [0.25, 0.3) is 0 Å². The minimum atomic E-state index is 0.214. The Morgan fingerprint density at radius 3 is 2.71 bits per heavy atom. The zero-order valence-corrected chi connectivity index (χ0v) is 10.7. The monoisotopic (exact) mass is 233 g/mol. The Hall–Kier alpha value is -0.860. The van der Waals surface area contributed by atoms with E-state index in [0.717, 1.165) is 19.4 Å². The van der Waals surface area contributed by atoms with Crippen LogP contribution in [0.4, 0.5) is 0 Å². The third-order valence-electron chi connectivity index (χ3n) is 3.70. The minimum Gasteiger partial charge on any atom is -0.377 e. The lowest BCUT2D eigenvalue weighted by atomic mass is 9.89. The lowest BCUT2D eigenvalue weighted by Gasteiger charge is -2.20. The van der Waals surface area contributed by atoms with Gasteiger partial charge in [-0.2, -0.15) is 0 Å². The molecule has 0 bridgehead atoms. The Morgan fingerprint density at radius 1 is 1.24 bits per heavy atom. The van der Waals surface area contributed by atoms with Crippen molar-refractivity contribution in [2.75, 3.05) is 13.7 Å². The predicted molar refractivity (Wildman–Crippen MR) is 71.1 cm³/mol. The molecule has 0 heterocycles. The van der Waals surface area contributed by atoms with Crippen molar-refractivity contribution in [3.05, 3.63) is 34.9 Å². The minimum absolute atomic E-state index is 0.214. The highest BCUT2D eigenvalue weighted by Gasteiger charge is 2.14. The molecule has 0 saturated carbocycles. The molecule has 2 N–H and O–H groups in total. The average molecular weight is 233 g/mol. The molecule has 2 rings (SSSR count). The van der Waals surface area contributed by atoms with Crippen LogP contribution >= 0.6 is 0 Å². The molecule has 0 fully saturated rings. The van der Waals surface area contributed by atoms with Crippen LogP contribution in [0.2, 0.25) is 0 Å². The zero-order chi connectivity index (χ0) is 12.1. The van der Waals surface area contributed by atoms with E-state index < -0.39 is 0 Å². The van der Waals surface area contributed by atoms with Crippen LogP contribution in [0.3, 0.4) is 0 Å². The Labute approximate surface area is 104 Å². The molecule has 17 heavy (non-hydrogen) atoms. The molecule has 1 atom stereocenters. The second kappa shape index (κ2) is 6.18. The van der Waals surface area contributed by atoms with Crippen LogP contribution in [0.15, 0.2) is 18.2 Å². The summed E-state index contributed by atoms with van der Waals surface area (Å²) in [6, 6.07) is 6.87. The van der Waals surface area contributed by atoms with E-state index >= 15 is 0 Å². The lowest BCUT2D eigenvalue weighted by molar-refractivity contribution is 0.0943. The van der Waals surface area contributed by atoms with Gasteiger partial charge in [0.15, 0.2) is 0 Å². The van der Waals surface area contributed by atoms with E-state index in [1.54, 1.807) is 7.11 Å². The molecule has 2 nitrogen and oxygen atoms in total. The zero-order valence-electron chi connectivity index (χ0n) is 10.7. The van der Waals surface area contributed by atoms with Crippen LogP contribution in [0, 0.1) is 0 Å². The summed E-state index contributed by atoms with van der Waals surface area (Å²) >= 11 is 0. The van der Waals surface area contributed by atoms with Crippen molar-refractivity contribution in [2.24, 2.45) is 5.73 Å². The van der Waals surface area contributed by atoms with Gasteiger partial charge in [-0.05, 0) is 61.8 Å². The molecular formula is C15H23NO. The average Bonchev–Trinajstić information content (AvgIpc) is 2.39. The van der Waals surface area contributed by atoms with Crippen molar-refractivity contribution in [3.63, 3.8) is 0 Å². The van der Waals surface area contributed by atoms with E-state index in [9.17, 15) is 0 Å². The van der Waals surface area contributed by atoms with Gasteiger partial charge in [0.05, 0.1) is 6.10 Å². The number of rotatable bonds is 5. The molecule has 1 aliphatic rings. The maximum atomic E-state index is 5.57. The number of benzene rings is 1. The van der Waals surface area contributed by atoms with E-state index in [-0.39, 0.29) is 6.10 Å². The number of aryl methyl sites for hydroxylation is 2. The van der Waals surface area contributed by atoms with Gasteiger partial charge in [-0.15, -0.1) is 0 Å². The Kier molecular flexibility index (Phi) is 4.57. The van der Waals surface area contributed by atoms with Crippen molar-refractivity contribution >= 4 is 0 Å². The highest BCUT2D eigenvalue weighted by molar-refractivity contribution is 5.34. The number of ether oxygens (including phenoxy) is 1. The third kappa shape index (κ3) is 3.08. The second-order valence-electron chi connectivity index (χ2n) is 4.89. The highest BCUT2D eigenvalue weighted by atomic mass is 16.5. The van der Waals surface area contributed by atoms with E-state index in [2.05, 4.69) is 18.2 Å². The first kappa shape index (κ1) is 12.6. The molecule has 0 amide bonds. The number of methoxy groups -OCH3 is 1. The Morgan fingerprint density at radius 2 is 2.00 bits per heavy atom. The molecule has 0 aliphatic heterocycles. The smallest absolute Gasteiger partial charge is 0.0821 e. The molecule has 1 aliphatic carbocycles. The number of nitrogens with two attached hydrogens (primary N) is 1. The summed E-state index contributed by atoms with van der Waals surface area (Å²) in [6.07, 6.45) is 7.41. The van der Waals surface area contributed by atoms with Gasteiger partial charge in [-0.25, -0.2) is 0 Å². The highest BCUT2D eigenvalue weighted by Crippen LogP contribution is 2.28. The number of hydrogen-bond donors (Lipinski definition) is 1. The fourth-order valence-corrected chi connectivity index (χ4v) is 2.68. The molecule has 0 spiro atoms. The summed E-state index contributed by atoms with van der Waals surface area (Å²) in [5.41, 5.74) is 9.95. The molecule has 1 aromatic carbocycles. The van der Waals surface area contributed by atoms with Crippen LogP contribution in [-0.4, -0.2) is 13.7 Å². The van der Waals surface area contributed by atoms with E-state index in [0.29, 0.717) is 0 Å². The first-order chi connectivity index (χ1) is 8.35. The number of fused-ring (bicyclic) bond motifs is 1. The third-order valence-corrected chi connectivity index (χ3v) is 3.70. The summed E-state index contributed by atoms with van der Waals surface area (Å²) in [5, 5.41) is 0. The molecule has 94 valence electrons. The lowest BCUT2D eigenvalue weighted by Crippen LogP contribution is -2.08. The first-order valence-corrected chi connectivity index (χ1v) is 6.69. The van der Waals surface area contributed by atoms with Crippen LogP contribution in [-0.2, 0) is 17.6 Å². The van der Waals surface area contributed by atoms with Crippen LogP contribution < -0.4 is 5.73 Å². The van der Waals surface area contributed by atoms with Gasteiger partial charge in [0, 0.05) is 7.11 Å². The van der Waals surface area contributed by atoms with Crippen molar-refractivity contribution in [1.29, 1.82) is 0 Å². The topological polar surface area (TPSA) is 35.2 Å². The van der Waals surface area contributed by atoms with Gasteiger partial charge in [0.2, 0.25) is 0 Å².